The molecule has 6 nitrogen and oxygen atoms in total. The third-order valence-electron chi connectivity index (χ3n) is 4.67. The Kier molecular flexibility index (Phi) is 5.19. The number of nitrogen functional groups attached to an aromatic ring is 1. The van der Waals surface area contributed by atoms with Crippen LogP contribution in [0.2, 0.25) is 0 Å². The van der Waals surface area contributed by atoms with Crippen molar-refractivity contribution in [2.45, 2.75) is 32.9 Å². The van der Waals surface area contributed by atoms with E-state index in [1.165, 1.54) is 5.56 Å². The van der Waals surface area contributed by atoms with Crippen molar-refractivity contribution in [3.63, 3.8) is 0 Å². The predicted octanol–water partition coefficient (Wildman–Crippen LogP) is 2.88. The molecule has 0 aliphatic heterocycles. The number of anilines is 2. The minimum absolute atomic E-state index is 0.0415. The van der Waals surface area contributed by atoms with Gasteiger partial charge >= 0.3 is 0 Å². The molecule has 4 N–H and O–H groups in total. The van der Waals surface area contributed by atoms with Gasteiger partial charge in [0.2, 0.25) is 5.95 Å². The number of hydrogen-bond acceptors (Lipinski definition) is 5. The standard InChI is InChI=1S/C19H25N5O/c1-3-13(2)16(12-25)21-18-17-15(22-19(20)23-18)9-10-24(17)11-14-7-5-4-6-8-14/h4-10,13,16,25H,3,11-12H2,1-2H3,(H3,20,21,22,23)/t13-,16?/m0/s1. The lowest BCUT2D eigenvalue weighted by Gasteiger charge is -2.23. The molecule has 0 saturated carbocycles. The predicted molar refractivity (Wildman–Crippen MR) is 101 cm³/mol. The van der Waals surface area contributed by atoms with Crippen molar-refractivity contribution < 1.29 is 5.11 Å². The third-order valence-corrected chi connectivity index (χ3v) is 4.67. The molecule has 2 heterocycles. The van der Waals surface area contributed by atoms with E-state index in [2.05, 4.69) is 45.8 Å². The lowest BCUT2D eigenvalue weighted by molar-refractivity contribution is 0.241. The molecule has 1 aromatic carbocycles. The summed E-state index contributed by atoms with van der Waals surface area (Å²) < 4.78 is 2.11. The number of nitrogens with zero attached hydrogens (tertiary/aromatic N) is 3. The Morgan fingerprint density at radius 1 is 1.20 bits per heavy atom. The molecule has 0 aliphatic rings. The van der Waals surface area contributed by atoms with Gasteiger partial charge in [0.05, 0.1) is 18.2 Å². The first-order chi connectivity index (χ1) is 12.1. The Hall–Kier alpha value is -2.60. The summed E-state index contributed by atoms with van der Waals surface area (Å²) in [7, 11) is 0. The molecule has 0 saturated heterocycles. The highest BCUT2D eigenvalue weighted by Gasteiger charge is 2.19. The SMILES string of the molecule is CC[C@H](C)C(CO)Nc1nc(N)nc2ccn(Cc3ccccc3)c12. The van der Waals surface area contributed by atoms with Crippen LogP contribution in [-0.2, 0) is 6.54 Å². The van der Waals surface area contributed by atoms with Gasteiger partial charge in [-0.15, -0.1) is 0 Å². The highest BCUT2D eigenvalue weighted by Crippen LogP contribution is 2.25. The van der Waals surface area contributed by atoms with Gasteiger partial charge in [0.1, 0.15) is 5.52 Å². The highest BCUT2D eigenvalue weighted by molar-refractivity contribution is 5.87. The zero-order valence-electron chi connectivity index (χ0n) is 14.7. The van der Waals surface area contributed by atoms with Crippen LogP contribution in [0.1, 0.15) is 25.8 Å². The number of aliphatic hydroxyl groups excluding tert-OH is 1. The first-order valence-corrected chi connectivity index (χ1v) is 8.66. The molecule has 3 aromatic rings. The molecule has 2 aromatic heterocycles. The van der Waals surface area contributed by atoms with E-state index < -0.39 is 0 Å². The van der Waals surface area contributed by atoms with E-state index in [4.69, 9.17) is 5.73 Å². The Morgan fingerprint density at radius 2 is 1.96 bits per heavy atom. The molecule has 2 atom stereocenters. The average molecular weight is 339 g/mol. The van der Waals surface area contributed by atoms with E-state index in [-0.39, 0.29) is 18.6 Å². The Labute approximate surface area is 147 Å². The summed E-state index contributed by atoms with van der Waals surface area (Å²) in [6.07, 6.45) is 2.96. The van der Waals surface area contributed by atoms with Crippen LogP contribution >= 0.6 is 0 Å². The number of nitrogens with two attached hydrogens (primary N) is 1. The van der Waals surface area contributed by atoms with Crippen molar-refractivity contribution in [2.24, 2.45) is 5.92 Å². The van der Waals surface area contributed by atoms with Crippen molar-refractivity contribution in [1.82, 2.24) is 14.5 Å². The monoisotopic (exact) mass is 339 g/mol. The molecule has 0 radical (unpaired) electrons. The number of fused-ring (bicyclic) bond motifs is 1. The first kappa shape index (κ1) is 17.2. The largest absolute Gasteiger partial charge is 0.394 e. The van der Waals surface area contributed by atoms with Crippen LogP contribution in [0.3, 0.4) is 0 Å². The normalized spacial score (nSPS) is 13.7. The van der Waals surface area contributed by atoms with Gasteiger partial charge in [-0.2, -0.15) is 4.98 Å². The fourth-order valence-electron chi connectivity index (χ4n) is 2.97. The van der Waals surface area contributed by atoms with Gasteiger partial charge in [0.25, 0.3) is 0 Å². The number of benzene rings is 1. The smallest absolute Gasteiger partial charge is 0.222 e. The molecular formula is C19H25N5O. The highest BCUT2D eigenvalue weighted by atomic mass is 16.3. The van der Waals surface area contributed by atoms with E-state index in [9.17, 15) is 5.11 Å². The second-order valence-electron chi connectivity index (χ2n) is 6.41. The second-order valence-corrected chi connectivity index (χ2v) is 6.41. The molecule has 0 fully saturated rings. The molecule has 0 bridgehead atoms. The average Bonchev–Trinajstić information content (AvgIpc) is 3.02. The fraction of sp³-hybridized carbons (Fsp3) is 0.368. The number of aromatic nitrogens is 3. The van der Waals surface area contributed by atoms with Gasteiger partial charge in [0, 0.05) is 12.7 Å². The molecular weight excluding hydrogens is 314 g/mol. The van der Waals surface area contributed by atoms with Crippen molar-refractivity contribution in [3.05, 3.63) is 48.2 Å². The minimum atomic E-state index is -0.0809. The Balaban J connectivity index is 2.00. The van der Waals surface area contributed by atoms with E-state index in [0.717, 1.165) is 24.0 Å². The van der Waals surface area contributed by atoms with Crippen molar-refractivity contribution in [2.75, 3.05) is 17.7 Å². The molecule has 132 valence electrons. The van der Waals surface area contributed by atoms with Crippen LogP contribution in [0.5, 0.6) is 0 Å². The second kappa shape index (κ2) is 7.53. The van der Waals surface area contributed by atoms with E-state index in [0.29, 0.717) is 11.7 Å². The summed E-state index contributed by atoms with van der Waals surface area (Å²) in [5.74, 6) is 1.21. The van der Waals surface area contributed by atoms with Gasteiger partial charge in [-0.25, -0.2) is 4.98 Å². The lowest BCUT2D eigenvalue weighted by Crippen LogP contribution is -2.31. The van der Waals surface area contributed by atoms with Gasteiger partial charge < -0.3 is 20.7 Å². The van der Waals surface area contributed by atoms with Crippen LogP contribution in [0.25, 0.3) is 11.0 Å². The maximum Gasteiger partial charge on any atom is 0.222 e. The summed E-state index contributed by atoms with van der Waals surface area (Å²) >= 11 is 0. The maximum absolute atomic E-state index is 9.74. The third kappa shape index (κ3) is 3.74. The number of hydrogen-bond donors (Lipinski definition) is 3. The van der Waals surface area contributed by atoms with Crippen molar-refractivity contribution in [3.8, 4) is 0 Å². The summed E-state index contributed by atoms with van der Waals surface area (Å²) in [6, 6.07) is 12.1. The summed E-state index contributed by atoms with van der Waals surface area (Å²) in [5, 5.41) is 13.1. The zero-order valence-corrected chi connectivity index (χ0v) is 14.7. The Morgan fingerprint density at radius 3 is 2.64 bits per heavy atom. The molecule has 3 rings (SSSR count). The minimum Gasteiger partial charge on any atom is -0.394 e. The fourth-order valence-corrected chi connectivity index (χ4v) is 2.97. The van der Waals surface area contributed by atoms with Gasteiger partial charge in [-0.1, -0.05) is 50.6 Å². The topological polar surface area (TPSA) is 89.0 Å². The number of aliphatic hydroxyl groups is 1. The van der Waals surface area contributed by atoms with E-state index in [1.807, 2.05) is 30.5 Å². The molecule has 0 spiro atoms. The van der Waals surface area contributed by atoms with Crippen LogP contribution < -0.4 is 11.1 Å². The number of nitrogens with one attached hydrogen (secondary N) is 1. The Bertz CT molecular complexity index is 830. The van der Waals surface area contributed by atoms with Gasteiger partial charge in [-0.3, -0.25) is 0 Å². The van der Waals surface area contributed by atoms with Crippen LogP contribution in [0.15, 0.2) is 42.6 Å². The van der Waals surface area contributed by atoms with Gasteiger partial charge in [-0.05, 0) is 17.5 Å². The maximum atomic E-state index is 9.74. The lowest BCUT2D eigenvalue weighted by atomic mass is 10.00. The quantitative estimate of drug-likeness (QED) is 0.616. The van der Waals surface area contributed by atoms with E-state index in [1.54, 1.807) is 0 Å². The zero-order chi connectivity index (χ0) is 17.8. The van der Waals surface area contributed by atoms with Gasteiger partial charge in [0.15, 0.2) is 5.82 Å². The molecule has 25 heavy (non-hydrogen) atoms. The molecule has 6 heteroatoms. The number of rotatable bonds is 7. The van der Waals surface area contributed by atoms with Crippen molar-refractivity contribution >= 4 is 22.8 Å². The summed E-state index contributed by atoms with van der Waals surface area (Å²) in [6.45, 7) is 4.98. The molecule has 0 amide bonds. The van der Waals surface area contributed by atoms with Crippen LogP contribution in [0.4, 0.5) is 11.8 Å². The van der Waals surface area contributed by atoms with Crippen LogP contribution in [0, 0.1) is 5.92 Å². The van der Waals surface area contributed by atoms with Crippen LogP contribution in [-0.4, -0.2) is 32.3 Å². The van der Waals surface area contributed by atoms with E-state index >= 15 is 0 Å². The summed E-state index contributed by atoms with van der Waals surface area (Å²) in [5.41, 5.74) is 8.78. The first-order valence-electron chi connectivity index (χ1n) is 8.66. The molecule has 0 aliphatic carbocycles. The van der Waals surface area contributed by atoms with Crippen molar-refractivity contribution in [1.29, 1.82) is 0 Å². The molecule has 1 unspecified atom stereocenters. The summed E-state index contributed by atoms with van der Waals surface area (Å²) in [4.78, 5) is 8.74.